The largest absolute Gasteiger partial charge is 0.506 e. The molecule has 0 atom stereocenters. The molecule has 0 aliphatic carbocycles. The lowest BCUT2D eigenvalue weighted by molar-refractivity contribution is 0.160. The molecular weight excluding hydrogens is 330 g/mol. The number of anilines is 1. The third-order valence-electron chi connectivity index (χ3n) is 4.10. The summed E-state index contributed by atoms with van der Waals surface area (Å²) in [6, 6.07) is 13.0. The molecule has 2 N–H and O–H groups in total. The Morgan fingerprint density at radius 3 is 2.42 bits per heavy atom. The fourth-order valence-electron chi connectivity index (χ4n) is 2.48. The zero-order valence-electron chi connectivity index (χ0n) is 15.8. The molecule has 2 aromatic carbocycles. The maximum absolute atomic E-state index is 12.0. The van der Waals surface area contributed by atoms with Crippen LogP contribution in [0.4, 0.5) is 10.5 Å². The lowest BCUT2D eigenvalue weighted by Gasteiger charge is -2.20. The van der Waals surface area contributed by atoms with Crippen molar-refractivity contribution in [3.05, 3.63) is 53.6 Å². The number of ether oxygens (including phenoxy) is 2. The average Bonchev–Trinajstić information content (AvgIpc) is 2.60. The Morgan fingerprint density at radius 2 is 1.81 bits per heavy atom. The van der Waals surface area contributed by atoms with Gasteiger partial charge in [-0.05, 0) is 53.6 Å². The molecule has 0 aliphatic rings. The molecule has 0 aromatic heterocycles. The van der Waals surface area contributed by atoms with Gasteiger partial charge in [0, 0.05) is 0 Å². The van der Waals surface area contributed by atoms with Crippen molar-refractivity contribution in [2.75, 3.05) is 19.0 Å². The summed E-state index contributed by atoms with van der Waals surface area (Å²) in [6.45, 7) is 6.51. The molecular formula is C21H27NO4. The number of carbonyl (C=O) groups is 1. The molecule has 0 heterocycles. The van der Waals surface area contributed by atoms with E-state index in [1.54, 1.807) is 19.2 Å². The molecule has 2 rings (SSSR count). The predicted molar refractivity (Wildman–Crippen MR) is 103 cm³/mol. The van der Waals surface area contributed by atoms with Crippen molar-refractivity contribution in [3.63, 3.8) is 0 Å². The van der Waals surface area contributed by atoms with E-state index in [1.807, 2.05) is 30.3 Å². The first-order chi connectivity index (χ1) is 12.3. The number of amides is 1. The van der Waals surface area contributed by atoms with E-state index in [1.165, 1.54) is 0 Å². The molecule has 0 bridgehead atoms. The number of nitrogens with one attached hydrogen (secondary N) is 1. The molecule has 0 fully saturated rings. The standard InChI is InChI=1S/C21H27NO4/c1-21(2,3)16-9-12-19(23)18(14-16)22-20(24)26-13-5-6-15-7-10-17(25-4)11-8-15/h7-12,14,23H,5-6,13H2,1-4H3,(H,22,24). The Hall–Kier alpha value is -2.69. The molecule has 5 nitrogen and oxygen atoms in total. The lowest BCUT2D eigenvalue weighted by atomic mass is 9.87. The number of phenols is 1. The number of aromatic hydroxyl groups is 1. The summed E-state index contributed by atoms with van der Waals surface area (Å²) in [5, 5.41) is 12.5. The van der Waals surface area contributed by atoms with Gasteiger partial charge in [0.1, 0.15) is 11.5 Å². The third kappa shape index (κ3) is 5.69. The summed E-state index contributed by atoms with van der Waals surface area (Å²) >= 11 is 0. The molecule has 26 heavy (non-hydrogen) atoms. The van der Waals surface area contributed by atoms with Crippen LogP contribution in [0.15, 0.2) is 42.5 Å². The van der Waals surface area contributed by atoms with Gasteiger partial charge in [0.05, 0.1) is 19.4 Å². The number of rotatable bonds is 6. The predicted octanol–water partition coefficient (Wildman–Crippen LogP) is 4.88. The minimum absolute atomic E-state index is 0.0215. The Balaban J connectivity index is 1.81. The van der Waals surface area contributed by atoms with E-state index in [9.17, 15) is 9.90 Å². The maximum Gasteiger partial charge on any atom is 0.411 e. The average molecular weight is 357 g/mol. The molecule has 5 heteroatoms. The van der Waals surface area contributed by atoms with Crippen LogP contribution in [0, 0.1) is 0 Å². The summed E-state index contributed by atoms with van der Waals surface area (Å²) in [6.07, 6.45) is 0.955. The summed E-state index contributed by atoms with van der Waals surface area (Å²) < 4.78 is 10.3. The second-order valence-electron chi connectivity index (χ2n) is 7.19. The fraction of sp³-hybridized carbons (Fsp3) is 0.381. The normalized spacial score (nSPS) is 11.1. The van der Waals surface area contributed by atoms with Gasteiger partial charge in [-0.15, -0.1) is 0 Å². The van der Waals surface area contributed by atoms with Gasteiger partial charge in [0.2, 0.25) is 0 Å². The SMILES string of the molecule is COc1ccc(CCCOC(=O)Nc2cc(C(C)(C)C)ccc2O)cc1. The van der Waals surface area contributed by atoms with Crippen LogP contribution < -0.4 is 10.1 Å². The van der Waals surface area contributed by atoms with Crippen molar-refractivity contribution in [2.45, 2.75) is 39.0 Å². The van der Waals surface area contributed by atoms with Crippen LogP contribution in [0.3, 0.4) is 0 Å². The van der Waals surface area contributed by atoms with Crippen LogP contribution in [-0.4, -0.2) is 24.9 Å². The zero-order chi connectivity index (χ0) is 19.2. The summed E-state index contributed by atoms with van der Waals surface area (Å²) in [7, 11) is 1.64. The van der Waals surface area contributed by atoms with Gasteiger partial charge in [-0.3, -0.25) is 5.32 Å². The number of phenolic OH excluding ortho intramolecular Hbond substituents is 1. The first kappa shape index (κ1) is 19.6. The first-order valence-electron chi connectivity index (χ1n) is 8.70. The van der Waals surface area contributed by atoms with Crippen LogP contribution in [0.2, 0.25) is 0 Å². The Kier molecular flexibility index (Phi) is 6.50. The molecule has 0 saturated carbocycles. The molecule has 2 aromatic rings. The van der Waals surface area contributed by atoms with Crippen molar-refractivity contribution in [1.82, 2.24) is 0 Å². The third-order valence-corrected chi connectivity index (χ3v) is 4.10. The Morgan fingerprint density at radius 1 is 1.12 bits per heavy atom. The van der Waals surface area contributed by atoms with Gasteiger partial charge >= 0.3 is 6.09 Å². The van der Waals surface area contributed by atoms with Crippen molar-refractivity contribution in [3.8, 4) is 11.5 Å². The summed E-state index contributed by atoms with van der Waals surface area (Å²) in [4.78, 5) is 12.0. The molecule has 1 amide bonds. The van der Waals surface area contributed by atoms with E-state index in [-0.39, 0.29) is 11.2 Å². The van der Waals surface area contributed by atoms with Crippen LogP contribution in [-0.2, 0) is 16.6 Å². The van der Waals surface area contributed by atoms with E-state index in [0.717, 1.165) is 23.3 Å². The molecule has 0 saturated heterocycles. The summed E-state index contributed by atoms with van der Waals surface area (Å²) in [5.74, 6) is 0.842. The van der Waals surface area contributed by atoms with E-state index >= 15 is 0 Å². The number of hydrogen-bond acceptors (Lipinski definition) is 4. The summed E-state index contributed by atoms with van der Waals surface area (Å²) in [5.41, 5.74) is 2.46. The van der Waals surface area contributed by atoms with Gasteiger partial charge in [0.25, 0.3) is 0 Å². The number of carbonyl (C=O) groups excluding carboxylic acids is 1. The van der Waals surface area contributed by atoms with Crippen LogP contribution in [0.1, 0.15) is 38.3 Å². The maximum atomic E-state index is 12.0. The minimum Gasteiger partial charge on any atom is -0.506 e. The highest BCUT2D eigenvalue weighted by Crippen LogP contribution is 2.30. The second-order valence-corrected chi connectivity index (χ2v) is 7.19. The van der Waals surface area contributed by atoms with E-state index in [2.05, 4.69) is 26.1 Å². The lowest BCUT2D eigenvalue weighted by Crippen LogP contribution is -2.16. The van der Waals surface area contributed by atoms with Crippen molar-refractivity contribution < 1.29 is 19.4 Å². The van der Waals surface area contributed by atoms with Gasteiger partial charge in [-0.25, -0.2) is 4.79 Å². The minimum atomic E-state index is -0.568. The van der Waals surface area contributed by atoms with Gasteiger partial charge in [-0.1, -0.05) is 39.0 Å². The molecule has 0 radical (unpaired) electrons. The monoisotopic (exact) mass is 357 g/mol. The highest BCUT2D eigenvalue weighted by atomic mass is 16.5. The number of hydrogen-bond donors (Lipinski definition) is 2. The highest BCUT2D eigenvalue weighted by Gasteiger charge is 2.16. The first-order valence-corrected chi connectivity index (χ1v) is 8.70. The fourth-order valence-corrected chi connectivity index (χ4v) is 2.48. The highest BCUT2D eigenvalue weighted by molar-refractivity contribution is 5.86. The molecule has 0 unspecified atom stereocenters. The van der Waals surface area contributed by atoms with Crippen LogP contribution >= 0.6 is 0 Å². The van der Waals surface area contributed by atoms with Gasteiger partial charge in [0.15, 0.2) is 0 Å². The van der Waals surface area contributed by atoms with Crippen molar-refractivity contribution >= 4 is 11.8 Å². The Bertz CT molecular complexity index is 733. The van der Waals surface area contributed by atoms with Crippen LogP contribution in [0.25, 0.3) is 0 Å². The van der Waals surface area contributed by atoms with Gasteiger partial charge in [-0.2, -0.15) is 0 Å². The second kappa shape index (κ2) is 8.61. The molecule has 0 aliphatic heterocycles. The number of benzene rings is 2. The number of methoxy groups -OCH3 is 1. The van der Waals surface area contributed by atoms with Gasteiger partial charge < -0.3 is 14.6 Å². The molecule has 140 valence electrons. The van der Waals surface area contributed by atoms with Crippen molar-refractivity contribution in [1.29, 1.82) is 0 Å². The smallest absolute Gasteiger partial charge is 0.411 e. The molecule has 0 spiro atoms. The van der Waals surface area contributed by atoms with Crippen LogP contribution in [0.5, 0.6) is 11.5 Å². The van der Waals surface area contributed by atoms with E-state index in [4.69, 9.17) is 9.47 Å². The van der Waals surface area contributed by atoms with E-state index in [0.29, 0.717) is 18.7 Å². The topological polar surface area (TPSA) is 67.8 Å². The zero-order valence-corrected chi connectivity index (χ0v) is 15.8. The Labute approximate surface area is 155 Å². The quantitative estimate of drug-likeness (QED) is 0.571. The number of aryl methyl sites for hydroxylation is 1. The van der Waals surface area contributed by atoms with Crippen molar-refractivity contribution in [2.24, 2.45) is 0 Å². The van der Waals surface area contributed by atoms with E-state index < -0.39 is 6.09 Å².